The molecule has 1 radical (unpaired) electrons. The maximum Gasteiger partial charge on any atom is 0.127 e. The zero-order chi connectivity index (χ0) is 8.55. The Hall–Kier alpha value is -0.890. The van der Waals surface area contributed by atoms with Gasteiger partial charge in [0.1, 0.15) is 6.17 Å². The largest absolute Gasteiger partial charge is 0.242 e. The predicted molar refractivity (Wildman–Crippen MR) is 51.0 cm³/mol. The van der Waals surface area contributed by atoms with Crippen LogP contribution >= 0.6 is 11.3 Å². The summed E-state index contributed by atoms with van der Waals surface area (Å²) >= 11 is 1.56. The van der Waals surface area contributed by atoms with Crippen molar-refractivity contribution in [3.05, 3.63) is 42.1 Å². The van der Waals surface area contributed by atoms with Gasteiger partial charge in [-0.1, -0.05) is 18.2 Å². The minimum Gasteiger partial charge on any atom is -0.242 e. The fourth-order valence-corrected chi connectivity index (χ4v) is 2.24. The highest BCUT2D eigenvalue weighted by atomic mass is 32.1. The number of halogens is 1. The summed E-state index contributed by atoms with van der Waals surface area (Å²) in [7, 11) is 0. The second-order valence-corrected chi connectivity index (χ2v) is 3.57. The van der Waals surface area contributed by atoms with E-state index in [1.807, 2.05) is 29.6 Å². The van der Waals surface area contributed by atoms with E-state index in [4.69, 9.17) is 0 Å². The molecule has 0 aliphatic carbocycles. The topological polar surface area (TPSA) is 0 Å². The molecule has 0 fully saturated rings. The second-order valence-electron chi connectivity index (χ2n) is 2.65. The Morgan fingerprint density at radius 1 is 1.33 bits per heavy atom. The van der Waals surface area contributed by atoms with Gasteiger partial charge in [0, 0.05) is 10.3 Å². The van der Waals surface area contributed by atoms with Crippen molar-refractivity contribution in [3.8, 4) is 0 Å². The van der Waals surface area contributed by atoms with Crippen LogP contribution in [0.4, 0.5) is 4.39 Å². The van der Waals surface area contributed by atoms with E-state index in [-0.39, 0.29) is 0 Å². The molecular formula is C10H8FS. The first-order valence-corrected chi connectivity index (χ1v) is 4.60. The van der Waals surface area contributed by atoms with Crippen LogP contribution in [-0.4, -0.2) is 0 Å². The van der Waals surface area contributed by atoms with Crippen LogP contribution < -0.4 is 0 Å². The molecule has 0 saturated carbocycles. The molecule has 1 heterocycles. The van der Waals surface area contributed by atoms with Crippen molar-refractivity contribution >= 4 is 21.4 Å². The lowest BCUT2D eigenvalue weighted by molar-refractivity contribution is 0.414. The molecule has 1 unspecified atom stereocenters. The van der Waals surface area contributed by atoms with Crippen LogP contribution in [-0.2, 0) is 0 Å². The van der Waals surface area contributed by atoms with Crippen molar-refractivity contribution in [1.29, 1.82) is 0 Å². The van der Waals surface area contributed by atoms with Crippen LogP contribution in [0, 0.1) is 6.92 Å². The van der Waals surface area contributed by atoms with Gasteiger partial charge in [-0.15, -0.1) is 11.3 Å². The lowest BCUT2D eigenvalue weighted by Gasteiger charge is -1.97. The molecule has 0 spiro atoms. The van der Waals surface area contributed by atoms with Gasteiger partial charge in [0.05, 0.1) is 0 Å². The van der Waals surface area contributed by atoms with E-state index in [1.165, 1.54) is 0 Å². The average molecular weight is 179 g/mol. The van der Waals surface area contributed by atoms with E-state index in [9.17, 15) is 4.39 Å². The number of fused-ring (bicyclic) bond motifs is 1. The summed E-state index contributed by atoms with van der Waals surface area (Å²) in [6.07, 6.45) is -1.11. The Balaban J connectivity index is 2.70. The van der Waals surface area contributed by atoms with Crippen LogP contribution in [0.25, 0.3) is 10.1 Å². The first kappa shape index (κ1) is 7.74. The van der Waals surface area contributed by atoms with Gasteiger partial charge in [0.2, 0.25) is 0 Å². The van der Waals surface area contributed by atoms with Crippen LogP contribution in [0.2, 0.25) is 0 Å². The van der Waals surface area contributed by atoms with Gasteiger partial charge in [-0.2, -0.15) is 0 Å². The number of rotatable bonds is 1. The zero-order valence-corrected chi connectivity index (χ0v) is 7.27. The molecule has 0 aliphatic rings. The monoisotopic (exact) mass is 179 g/mol. The maximum atomic E-state index is 12.9. The first-order valence-electron chi connectivity index (χ1n) is 3.72. The third-order valence-electron chi connectivity index (χ3n) is 1.85. The Bertz CT molecular complexity index is 389. The Morgan fingerprint density at radius 2 is 2.08 bits per heavy atom. The fraction of sp³-hybridized carbons (Fsp3) is 0.100. The molecule has 2 rings (SSSR count). The summed E-state index contributed by atoms with van der Waals surface area (Å²) in [6.45, 7) is 3.37. The number of hydrogen-bond acceptors (Lipinski definition) is 1. The third-order valence-corrected chi connectivity index (χ3v) is 2.83. The highest BCUT2D eigenvalue weighted by Gasteiger charge is 2.08. The van der Waals surface area contributed by atoms with Gasteiger partial charge >= 0.3 is 0 Å². The molecule has 1 atom stereocenters. The number of hydrogen-bond donors (Lipinski definition) is 0. The molecule has 2 aromatic rings. The second kappa shape index (κ2) is 2.87. The highest BCUT2D eigenvalue weighted by Crippen LogP contribution is 2.31. The lowest BCUT2D eigenvalue weighted by Crippen LogP contribution is -1.81. The standard InChI is InChI=1S/C10H8FS/c1-7(11)9-6-12-10-5-3-2-4-8(9)10/h2-7H,1H2. The molecule has 0 bridgehead atoms. The van der Waals surface area contributed by atoms with Gasteiger partial charge in [-0.3, -0.25) is 0 Å². The first-order chi connectivity index (χ1) is 5.79. The molecule has 1 aromatic heterocycles. The molecule has 61 valence electrons. The summed E-state index contributed by atoms with van der Waals surface area (Å²) in [5.41, 5.74) is 0.704. The molecular weight excluding hydrogens is 171 g/mol. The molecule has 0 aliphatic heterocycles. The van der Waals surface area contributed by atoms with E-state index in [0.717, 1.165) is 10.1 Å². The summed E-state index contributed by atoms with van der Waals surface area (Å²) in [5, 5.41) is 2.83. The van der Waals surface area contributed by atoms with E-state index >= 15 is 0 Å². The zero-order valence-electron chi connectivity index (χ0n) is 6.46. The number of benzene rings is 1. The van der Waals surface area contributed by atoms with Crippen LogP contribution in [0.5, 0.6) is 0 Å². The van der Waals surface area contributed by atoms with Crippen molar-refractivity contribution in [2.24, 2.45) is 0 Å². The molecule has 0 nitrogen and oxygen atoms in total. The van der Waals surface area contributed by atoms with Gasteiger partial charge in [-0.25, -0.2) is 4.39 Å². The summed E-state index contributed by atoms with van der Waals surface area (Å²) < 4.78 is 14.0. The van der Waals surface area contributed by atoms with E-state index in [0.29, 0.717) is 5.56 Å². The predicted octanol–water partition coefficient (Wildman–Crippen LogP) is 3.75. The highest BCUT2D eigenvalue weighted by molar-refractivity contribution is 7.17. The number of alkyl halides is 1. The summed E-state index contributed by atoms with van der Waals surface area (Å²) in [6, 6.07) is 7.80. The van der Waals surface area contributed by atoms with Crippen LogP contribution in [0.15, 0.2) is 29.6 Å². The Kier molecular flexibility index (Phi) is 1.85. The van der Waals surface area contributed by atoms with Crippen molar-refractivity contribution in [2.45, 2.75) is 6.17 Å². The average Bonchev–Trinajstić information content (AvgIpc) is 2.47. The minimum absolute atomic E-state index is 0.704. The van der Waals surface area contributed by atoms with Crippen molar-refractivity contribution < 1.29 is 4.39 Å². The normalized spacial score (nSPS) is 13.5. The van der Waals surface area contributed by atoms with E-state index in [1.54, 1.807) is 11.3 Å². The van der Waals surface area contributed by atoms with Crippen LogP contribution in [0.1, 0.15) is 11.7 Å². The van der Waals surface area contributed by atoms with Gasteiger partial charge in [0.15, 0.2) is 0 Å². The third kappa shape index (κ3) is 1.12. The van der Waals surface area contributed by atoms with Crippen molar-refractivity contribution in [3.63, 3.8) is 0 Å². The van der Waals surface area contributed by atoms with Gasteiger partial charge < -0.3 is 0 Å². The fourth-order valence-electron chi connectivity index (χ4n) is 1.24. The smallest absolute Gasteiger partial charge is 0.127 e. The summed E-state index contributed by atoms with van der Waals surface area (Å²) in [5.74, 6) is 0. The SMILES string of the molecule is [CH2]C(F)c1csc2ccccc12. The van der Waals surface area contributed by atoms with Gasteiger partial charge in [-0.05, 0) is 23.8 Å². The molecule has 0 amide bonds. The Morgan fingerprint density at radius 3 is 2.83 bits per heavy atom. The van der Waals surface area contributed by atoms with Gasteiger partial charge in [0.25, 0.3) is 0 Å². The Labute approximate surface area is 74.6 Å². The quantitative estimate of drug-likeness (QED) is 0.625. The molecule has 2 heteroatoms. The maximum absolute atomic E-state index is 12.9. The van der Waals surface area contributed by atoms with Crippen molar-refractivity contribution in [1.82, 2.24) is 0 Å². The molecule has 12 heavy (non-hydrogen) atoms. The van der Waals surface area contributed by atoms with Crippen LogP contribution in [0.3, 0.4) is 0 Å². The summed E-state index contributed by atoms with van der Waals surface area (Å²) in [4.78, 5) is 0. The molecule has 1 aromatic carbocycles. The van der Waals surface area contributed by atoms with Crippen molar-refractivity contribution in [2.75, 3.05) is 0 Å². The molecule has 0 saturated heterocycles. The number of thiophene rings is 1. The minimum atomic E-state index is -1.11. The molecule has 0 N–H and O–H groups in total. The van der Waals surface area contributed by atoms with E-state index in [2.05, 4.69) is 6.92 Å². The van der Waals surface area contributed by atoms with E-state index < -0.39 is 6.17 Å². The lowest BCUT2D eigenvalue weighted by atomic mass is 10.1.